The number of aromatic hydroxyl groups is 1. The minimum absolute atomic E-state index is 0.00904. The number of hydrogen-bond donors (Lipinski definition) is 17. The number of aliphatic hydroxyl groups is 1. The molecule has 2 aromatic heterocycles. The number of primary amides is 1. The number of aliphatic hydroxyl groups excluding tert-OH is 1. The van der Waals surface area contributed by atoms with E-state index in [1.165, 1.54) is 46.6 Å². The number of H-pyrrole nitrogens is 2. The standard InChI is InChI=1S/C64H91N19O15/c1-34(2)25-43(53(88)73-42(13-8-22-69-62(65)66)60(95)83-24-10-15-50(83)61(96)82-23-9-14-49(82)59(94)80-81-63(67)97)74-58(93)48(32-98-64(3,4)5)79-54(89)44(26-35-16-18-38(85)19-17-35)75-57(92)47(31-84)78-55(90)45(27-36-29-70-40-12-7-6-11-39(36)40)76-56(91)46(28-37-30-68-33-71-37)77-52(87)41-20-21-51(86)72-41/h6-7,11-12,16-19,29-30,33-34,41-50,70,84-85H,8-10,13-15,20-28,31-32H2,1-5H3,(H,68,71)(H,72,86)(H,73,88)(H,74,93)(H,75,92)(H,76,91)(H,77,87)(H,78,90)(H,79,89)(H,80,94)(H4,65,66,69)(H3,67,81,97)/t41-,42-,43-,44-,45-,46-,47-,48+,49-,50-/m0/s1. The number of carbonyl (C=O) groups is 12. The van der Waals surface area contributed by atoms with Crippen LogP contribution < -0.4 is 70.6 Å². The van der Waals surface area contributed by atoms with Crippen molar-refractivity contribution in [2.75, 3.05) is 32.8 Å². The van der Waals surface area contributed by atoms with Gasteiger partial charge in [0.25, 0.3) is 5.91 Å². The number of ether oxygens (including phenoxy) is 1. The summed E-state index contributed by atoms with van der Waals surface area (Å²) in [5, 5.41) is 43.0. The first-order valence-electron chi connectivity index (χ1n) is 32.6. The second-order valence-corrected chi connectivity index (χ2v) is 25.8. The van der Waals surface area contributed by atoms with Crippen LogP contribution in [-0.2, 0) is 76.7 Å². The minimum Gasteiger partial charge on any atom is -0.508 e. The molecule has 532 valence electrons. The maximum atomic E-state index is 14.9. The van der Waals surface area contributed by atoms with Crippen LogP contribution in [0.2, 0.25) is 0 Å². The van der Waals surface area contributed by atoms with E-state index in [0.29, 0.717) is 40.6 Å². The molecule has 7 rings (SSSR count). The Balaban J connectivity index is 1.11. The number of nitrogens with two attached hydrogens (primary N) is 3. The summed E-state index contributed by atoms with van der Waals surface area (Å²) in [6, 6.07) is -1.77. The molecular formula is C64H91N19O15. The lowest BCUT2D eigenvalue weighted by Gasteiger charge is -2.33. The number of hydrogen-bond acceptors (Lipinski definition) is 17. The van der Waals surface area contributed by atoms with Gasteiger partial charge in [-0.1, -0.05) is 44.2 Å². The van der Waals surface area contributed by atoms with Gasteiger partial charge in [-0.3, -0.25) is 63.2 Å². The molecule has 3 aliphatic rings. The van der Waals surface area contributed by atoms with E-state index in [-0.39, 0.29) is 107 Å². The summed E-state index contributed by atoms with van der Waals surface area (Å²) in [5.41, 5.74) is 21.7. The Kier molecular flexibility index (Phi) is 26.8. The molecule has 4 aromatic rings. The molecule has 5 heterocycles. The van der Waals surface area contributed by atoms with Gasteiger partial charge in [0, 0.05) is 74.3 Å². The second-order valence-electron chi connectivity index (χ2n) is 25.8. The number of nitrogens with one attached hydrogen (secondary N) is 12. The number of imidazole rings is 1. The van der Waals surface area contributed by atoms with E-state index in [9.17, 15) is 67.7 Å². The van der Waals surface area contributed by atoms with Crippen LogP contribution >= 0.6 is 0 Å². The van der Waals surface area contributed by atoms with E-state index in [1.54, 1.807) is 65.1 Å². The number of phenolic OH excluding ortho intramolecular Hbond substituents is 1. The average molecular weight is 1370 g/mol. The Morgan fingerprint density at radius 2 is 1.28 bits per heavy atom. The van der Waals surface area contributed by atoms with Crippen molar-refractivity contribution in [1.82, 2.24) is 78.1 Å². The van der Waals surface area contributed by atoms with Gasteiger partial charge in [-0.05, 0) is 107 Å². The van der Waals surface area contributed by atoms with Gasteiger partial charge < -0.3 is 94.5 Å². The monoisotopic (exact) mass is 1370 g/mol. The number of carbonyl (C=O) groups excluding carboxylic acids is 12. The number of aliphatic imine (C=N–C) groups is 1. The first-order valence-corrected chi connectivity index (χ1v) is 32.6. The number of para-hydroxylation sites is 1. The highest BCUT2D eigenvalue weighted by Gasteiger charge is 2.45. The van der Waals surface area contributed by atoms with Crippen LogP contribution in [0.5, 0.6) is 5.75 Å². The molecule has 10 atom stereocenters. The molecule has 20 N–H and O–H groups in total. The Bertz CT molecular complexity index is 3520. The average Bonchev–Trinajstić information content (AvgIpc) is 1.66. The SMILES string of the molecule is CC(C)C[C@H](NC(=O)[C@@H](COC(C)(C)C)NC(=O)[C@H](Cc1ccc(O)cc1)NC(=O)[C@H](CO)NC(=O)[C@H](Cc1c[nH]c2ccccc12)NC(=O)[C@H](Cc1cnc[nH]1)NC(=O)[C@@H]1CCC(=O)N1)C(=O)N[C@@H](CCCN=C(N)N)C(=O)N1CCC[C@H]1C(=O)N1CCC[C@H]1C(=O)NNC(N)=O. The number of amides is 13. The molecule has 3 fully saturated rings. The molecule has 0 unspecified atom stereocenters. The number of likely N-dealkylation sites (tertiary alicyclic amines) is 2. The van der Waals surface area contributed by atoms with Gasteiger partial charge in [0.2, 0.25) is 59.1 Å². The van der Waals surface area contributed by atoms with Crippen molar-refractivity contribution in [2.24, 2.45) is 28.1 Å². The van der Waals surface area contributed by atoms with E-state index >= 15 is 0 Å². The maximum absolute atomic E-state index is 14.9. The van der Waals surface area contributed by atoms with Crippen molar-refractivity contribution >= 4 is 87.9 Å². The van der Waals surface area contributed by atoms with Gasteiger partial charge in [0.15, 0.2) is 5.96 Å². The van der Waals surface area contributed by atoms with Crippen molar-refractivity contribution in [1.29, 1.82) is 0 Å². The van der Waals surface area contributed by atoms with Crippen LogP contribution in [0.4, 0.5) is 4.79 Å². The molecule has 13 amide bonds. The maximum Gasteiger partial charge on any atom is 0.330 e. The topological polar surface area (TPSA) is 516 Å². The summed E-state index contributed by atoms with van der Waals surface area (Å²) in [6.07, 6.45) is 5.57. The van der Waals surface area contributed by atoms with Gasteiger partial charge >= 0.3 is 6.03 Å². The third-order valence-corrected chi connectivity index (χ3v) is 16.7. The normalized spacial score (nSPS) is 18.2. The summed E-state index contributed by atoms with van der Waals surface area (Å²) in [6.45, 7) is 7.43. The molecule has 3 saturated heterocycles. The number of urea groups is 1. The molecule has 0 aliphatic carbocycles. The van der Waals surface area contributed by atoms with Crippen molar-refractivity contribution in [3.05, 3.63) is 84.1 Å². The Morgan fingerprint density at radius 3 is 1.90 bits per heavy atom. The van der Waals surface area contributed by atoms with Crippen LogP contribution in [0.15, 0.2) is 72.2 Å². The molecule has 0 bridgehead atoms. The molecule has 0 spiro atoms. The zero-order valence-electron chi connectivity index (χ0n) is 55.4. The van der Waals surface area contributed by atoms with E-state index in [0.717, 1.165) is 0 Å². The summed E-state index contributed by atoms with van der Waals surface area (Å²) in [7, 11) is 0. The first-order chi connectivity index (χ1) is 46.6. The summed E-state index contributed by atoms with van der Waals surface area (Å²) < 4.78 is 6.06. The number of aromatic nitrogens is 3. The highest BCUT2D eigenvalue weighted by atomic mass is 16.5. The second kappa shape index (κ2) is 35.0. The number of nitrogens with zero attached hydrogens (tertiary/aromatic N) is 4. The number of fused-ring (bicyclic) bond motifs is 1. The molecule has 34 heteroatoms. The van der Waals surface area contributed by atoms with Crippen molar-refractivity contribution in [3.63, 3.8) is 0 Å². The molecule has 34 nitrogen and oxygen atoms in total. The number of benzene rings is 2. The van der Waals surface area contributed by atoms with Crippen LogP contribution in [0.25, 0.3) is 10.9 Å². The predicted molar refractivity (Wildman–Crippen MR) is 353 cm³/mol. The van der Waals surface area contributed by atoms with E-state index in [1.807, 2.05) is 5.43 Å². The fraction of sp³-hybridized carbons (Fsp3) is 0.531. The van der Waals surface area contributed by atoms with Crippen LogP contribution in [0, 0.1) is 5.92 Å². The highest BCUT2D eigenvalue weighted by Crippen LogP contribution is 2.27. The van der Waals surface area contributed by atoms with Crippen molar-refractivity contribution in [2.45, 2.75) is 178 Å². The first kappa shape index (κ1) is 75.0. The summed E-state index contributed by atoms with van der Waals surface area (Å²) in [5.74, 6) is -9.11. The summed E-state index contributed by atoms with van der Waals surface area (Å²) in [4.78, 5) is 184. The lowest BCUT2D eigenvalue weighted by atomic mass is 10.0. The third-order valence-electron chi connectivity index (χ3n) is 16.7. The molecule has 0 saturated carbocycles. The largest absolute Gasteiger partial charge is 0.508 e. The Labute approximate surface area is 565 Å². The highest BCUT2D eigenvalue weighted by molar-refractivity contribution is 6.00. The molecule has 0 radical (unpaired) electrons. The molecule has 2 aromatic carbocycles. The number of hydrazine groups is 1. The van der Waals surface area contributed by atoms with Crippen molar-refractivity contribution < 1.29 is 72.5 Å². The fourth-order valence-electron chi connectivity index (χ4n) is 11.7. The smallest absolute Gasteiger partial charge is 0.330 e. The molecular weight excluding hydrogens is 1270 g/mol. The van der Waals surface area contributed by atoms with Gasteiger partial charge in [0.05, 0.1) is 25.1 Å². The fourth-order valence-corrected chi connectivity index (χ4v) is 11.7. The van der Waals surface area contributed by atoms with Crippen LogP contribution in [-0.4, -0.2) is 211 Å². The lowest BCUT2D eigenvalue weighted by Crippen LogP contribution is -2.62. The zero-order valence-corrected chi connectivity index (χ0v) is 55.4. The van der Waals surface area contributed by atoms with Crippen LogP contribution in [0.1, 0.15) is 109 Å². The number of rotatable bonds is 32. The summed E-state index contributed by atoms with van der Waals surface area (Å²) >= 11 is 0. The van der Waals surface area contributed by atoms with Gasteiger partial charge in [-0.15, -0.1) is 0 Å². The van der Waals surface area contributed by atoms with Gasteiger partial charge in [-0.2, -0.15) is 0 Å². The van der Waals surface area contributed by atoms with E-state index in [4.69, 9.17) is 21.9 Å². The lowest BCUT2D eigenvalue weighted by molar-refractivity contribution is -0.148. The molecule has 98 heavy (non-hydrogen) atoms. The zero-order chi connectivity index (χ0) is 71.4. The van der Waals surface area contributed by atoms with Gasteiger partial charge in [-0.25, -0.2) is 15.2 Å². The number of phenols is 1. The number of guanidine groups is 1. The molecule has 3 aliphatic heterocycles. The Hall–Kier alpha value is -10.4. The van der Waals surface area contributed by atoms with E-state index < -0.39 is 144 Å². The van der Waals surface area contributed by atoms with Gasteiger partial charge in [0.1, 0.15) is 66.2 Å². The van der Waals surface area contributed by atoms with Crippen molar-refractivity contribution in [3.8, 4) is 5.75 Å². The number of aromatic amines is 2. The van der Waals surface area contributed by atoms with Crippen LogP contribution in [0.3, 0.4) is 0 Å². The third kappa shape index (κ3) is 21.8. The minimum atomic E-state index is -1.81. The van der Waals surface area contributed by atoms with E-state index in [2.05, 4.69) is 67.9 Å². The predicted octanol–water partition coefficient (Wildman–Crippen LogP) is -3.11. The quantitative estimate of drug-likeness (QED) is 0.00996. The Morgan fingerprint density at radius 1 is 0.684 bits per heavy atom.